The molecule has 1 aromatic rings. The van der Waals surface area contributed by atoms with E-state index in [1.165, 1.54) is 16.9 Å². The predicted molar refractivity (Wildman–Crippen MR) is 65.5 cm³/mol. The van der Waals surface area contributed by atoms with E-state index in [1.54, 1.807) is 11.3 Å². The third-order valence-electron chi connectivity index (χ3n) is 2.51. The predicted octanol–water partition coefficient (Wildman–Crippen LogP) is 3.50. The van der Waals surface area contributed by atoms with Gasteiger partial charge in [0.15, 0.2) is 0 Å². The molecule has 1 nitrogen and oxygen atoms in total. The Kier molecular flexibility index (Phi) is 4.93. The van der Waals surface area contributed by atoms with Crippen molar-refractivity contribution in [2.24, 2.45) is 0 Å². The summed E-state index contributed by atoms with van der Waals surface area (Å²) < 4.78 is 0. The van der Waals surface area contributed by atoms with E-state index in [-0.39, 0.29) is 0 Å². The number of fused-ring (bicyclic) bond motifs is 1. The summed E-state index contributed by atoms with van der Waals surface area (Å²) in [6.07, 6.45) is 3.52. The Morgan fingerprint density at radius 1 is 1.50 bits per heavy atom. The first-order valence-electron chi connectivity index (χ1n) is 5.23. The number of rotatable bonds is 1. The van der Waals surface area contributed by atoms with Gasteiger partial charge in [0.1, 0.15) is 0 Å². The van der Waals surface area contributed by atoms with Gasteiger partial charge in [0.2, 0.25) is 0 Å². The topological polar surface area (TPSA) is 12.0 Å². The van der Waals surface area contributed by atoms with Crippen molar-refractivity contribution in [2.45, 2.75) is 39.2 Å². The average Bonchev–Trinajstić information content (AvgIpc) is 2.63. The summed E-state index contributed by atoms with van der Waals surface area (Å²) in [5.74, 6) is 0. The summed E-state index contributed by atoms with van der Waals surface area (Å²) in [6, 6.07) is 0.659. The molecule has 1 atom stereocenters. The molecule has 3 heteroatoms. The first kappa shape index (κ1) is 12.0. The highest BCUT2D eigenvalue weighted by molar-refractivity contribution is 7.10. The lowest BCUT2D eigenvalue weighted by Gasteiger charge is -2.21. The van der Waals surface area contributed by atoms with Crippen LogP contribution in [0.15, 0.2) is 5.38 Å². The van der Waals surface area contributed by atoms with Crippen molar-refractivity contribution in [1.29, 1.82) is 0 Å². The van der Waals surface area contributed by atoms with Crippen molar-refractivity contribution in [3.05, 3.63) is 20.8 Å². The van der Waals surface area contributed by atoms with Crippen molar-refractivity contribution >= 4 is 22.9 Å². The quantitative estimate of drug-likeness (QED) is 0.780. The number of halogens is 1. The van der Waals surface area contributed by atoms with Gasteiger partial charge in [0.25, 0.3) is 0 Å². The average molecular weight is 232 g/mol. The van der Waals surface area contributed by atoms with Crippen molar-refractivity contribution in [2.75, 3.05) is 7.05 Å². The maximum Gasteiger partial charge on any atom is 0.0547 e. The Labute approximate surface area is 95.5 Å². The van der Waals surface area contributed by atoms with Gasteiger partial charge in [-0.1, -0.05) is 25.4 Å². The normalized spacial score (nSPS) is 19.6. The fraction of sp³-hybridized carbons (Fsp3) is 0.636. The minimum absolute atomic E-state index is 0.659. The first-order chi connectivity index (χ1) is 6.81. The van der Waals surface area contributed by atoms with Gasteiger partial charge < -0.3 is 5.32 Å². The van der Waals surface area contributed by atoms with Crippen LogP contribution in [0.4, 0.5) is 0 Å². The third kappa shape index (κ3) is 2.50. The Bertz CT molecular complexity index is 283. The van der Waals surface area contributed by atoms with Crippen LogP contribution >= 0.6 is 22.9 Å². The maximum absolute atomic E-state index is 6.04. The summed E-state index contributed by atoms with van der Waals surface area (Å²) in [7, 11) is 2.03. The van der Waals surface area contributed by atoms with Crippen LogP contribution in [-0.2, 0) is 12.8 Å². The second-order valence-electron chi connectivity index (χ2n) is 3.21. The van der Waals surface area contributed by atoms with Gasteiger partial charge >= 0.3 is 0 Å². The fourth-order valence-electron chi connectivity index (χ4n) is 1.72. The molecule has 1 unspecified atom stereocenters. The molecule has 1 aliphatic carbocycles. The molecular formula is C11H18ClNS. The van der Waals surface area contributed by atoms with Crippen LogP contribution in [0.1, 0.15) is 30.7 Å². The van der Waals surface area contributed by atoms with E-state index < -0.39 is 0 Å². The zero-order valence-corrected chi connectivity index (χ0v) is 10.6. The molecule has 0 saturated carbocycles. The summed E-state index contributed by atoms with van der Waals surface area (Å²) >= 11 is 7.84. The van der Waals surface area contributed by atoms with E-state index in [4.69, 9.17) is 11.6 Å². The first-order valence-corrected chi connectivity index (χ1v) is 6.49. The van der Waals surface area contributed by atoms with E-state index in [9.17, 15) is 0 Å². The van der Waals surface area contributed by atoms with E-state index in [2.05, 4.69) is 10.7 Å². The van der Waals surface area contributed by atoms with Crippen LogP contribution in [0.25, 0.3) is 0 Å². The second-order valence-corrected chi connectivity index (χ2v) is 4.59. The zero-order chi connectivity index (χ0) is 10.6. The van der Waals surface area contributed by atoms with Crippen molar-refractivity contribution in [3.63, 3.8) is 0 Å². The molecule has 2 rings (SSSR count). The summed E-state index contributed by atoms with van der Waals surface area (Å²) in [6.45, 7) is 4.00. The Hall–Kier alpha value is -0.0500. The van der Waals surface area contributed by atoms with Gasteiger partial charge in [-0.15, -0.1) is 11.3 Å². The van der Waals surface area contributed by atoms with Gasteiger partial charge in [0.05, 0.1) is 5.02 Å². The lowest BCUT2D eigenvalue weighted by atomic mass is 9.95. The highest BCUT2D eigenvalue weighted by atomic mass is 35.5. The molecule has 0 saturated heterocycles. The lowest BCUT2D eigenvalue weighted by molar-refractivity contribution is 0.502. The molecule has 0 radical (unpaired) electrons. The highest BCUT2D eigenvalue weighted by Crippen LogP contribution is 2.33. The smallest absolute Gasteiger partial charge is 0.0547 e. The van der Waals surface area contributed by atoms with Crippen molar-refractivity contribution in [1.82, 2.24) is 5.32 Å². The minimum Gasteiger partial charge on any atom is -0.317 e. The zero-order valence-electron chi connectivity index (χ0n) is 9.06. The van der Waals surface area contributed by atoms with Gasteiger partial charge in [0, 0.05) is 16.3 Å². The minimum atomic E-state index is 0.659. The van der Waals surface area contributed by atoms with E-state index >= 15 is 0 Å². The molecule has 1 heterocycles. The van der Waals surface area contributed by atoms with Gasteiger partial charge in [-0.2, -0.15) is 0 Å². The number of hydrogen-bond acceptors (Lipinski definition) is 2. The lowest BCUT2D eigenvalue weighted by Crippen LogP contribution is -2.30. The third-order valence-corrected chi connectivity index (χ3v) is 4.03. The van der Waals surface area contributed by atoms with Crippen LogP contribution in [0.2, 0.25) is 5.02 Å². The standard InChI is InChI=1S/C9H12ClNS.C2H6/c1-11-6-2-3-7-8(10)5-12-9(7)4-6;1-2/h5-6,11H,2-4H2,1H3;1-2H3. The molecule has 0 amide bonds. The Morgan fingerprint density at radius 2 is 2.21 bits per heavy atom. The van der Waals surface area contributed by atoms with Crippen LogP contribution in [0.5, 0.6) is 0 Å². The summed E-state index contributed by atoms with van der Waals surface area (Å²) in [5, 5.41) is 6.35. The summed E-state index contributed by atoms with van der Waals surface area (Å²) in [5.41, 5.74) is 1.40. The molecule has 14 heavy (non-hydrogen) atoms. The van der Waals surface area contributed by atoms with E-state index in [1.807, 2.05) is 20.9 Å². The Morgan fingerprint density at radius 3 is 2.86 bits per heavy atom. The highest BCUT2D eigenvalue weighted by Gasteiger charge is 2.20. The van der Waals surface area contributed by atoms with Crippen LogP contribution < -0.4 is 5.32 Å². The second kappa shape index (κ2) is 5.74. The molecule has 0 spiro atoms. The van der Waals surface area contributed by atoms with Crippen LogP contribution in [0.3, 0.4) is 0 Å². The monoisotopic (exact) mass is 231 g/mol. The summed E-state index contributed by atoms with van der Waals surface area (Å²) in [4.78, 5) is 1.48. The number of nitrogens with one attached hydrogen (secondary N) is 1. The van der Waals surface area contributed by atoms with E-state index in [0.717, 1.165) is 17.9 Å². The largest absolute Gasteiger partial charge is 0.317 e. The number of hydrogen-bond donors (Lipinski definition) is 1. The van der Waals surface area contributed by atoms with E-state index in [0.29, 0.717) is 6.04 Å². The fourth-order valence-corrected chi connectivity index (χ4v) is 3.16. The molecule has 1 N–H and O–H groups in total. The van der Waals surface area contributed by atoms with Gasteiger partial charge in [-0.3, -0.25) is 0 Å². The van der Waals surface area contributed by atoms with Crippen molar-refractivity contribution < 1.29 is 0 Å². The van der Waals surface area contributed by atoms with Gasteiger partial charge in [-0.05, 0) is 31.9 Å². The number of thiophene rings is 1. The van der Waals surface area contributed by atoms with Crippen LogP contribution in [-0.4, -0.2) is 13.1 Å². The molecular weight excluding hydrogens is 214 g/mol. The molecule has 80 valence electrons. The Balaban J connectivity index is 0.000000461. The SMILES string of the molecule is CC.CNC1CCc2c(Cl)csc2C1. The molecule has 1 aliphatic rings. The molecule has 0 fully saturated rings. The maximum atomic E-state index is 6.04. The van der Waals surface area contributed by atoms with Gasteiger partial charge in [-0.25, -0.2) is 0 Å². The molecule has 0 aliphatic heterocycles. The molecule has 1 aromatic heterocycles. The van der Waals surface area contributed by atoms with Crippen LogP contribution in [0, 0.1) is 0 Å². The number of likely N-dealkylation sites (N-methyl/N-ethyl adjacent to an activating group) is 1. The molecule has 0 aromatic carbocycles. The van der Waals surface area contributed by atoms with Crippen molar-refractivity contribution in [3.8, 4) is 0 Å². The molecule has 0 bridgehead atoms.